The molecule has 0 spiro atoms. The minimum Gasteiger partial charge on any atom is -0.310 e. The number of hydrogen-bond donors (Lipinski definition) is 0. The lowest BCUT2D eigenvalue weighted by Gasteiger charge is -2.35. The van der Waals surface area contributed by atoms with Gasteiger partial charge >= 0.3 is 0 Å². The number of fused-ring (bicyclic) bond motifs is 5. The van der Waals surface area contributed by atoms with Crippen LogP contribution in [0.15, 0.2) is 291 Å². The topological polar surface area (TPSA) is 8.17 Å². The first-order chi connectivity index (χ1) is 35.2. The second-order valence-corrected chi connectivity index (χ2v) is 22.2. The Kier molecular flexibility index (Phi) is 10.6. The molecule has 0 bridgehead atoms. The minimum absolute atomic E-state index is 1.08. The van der Waals surface area contributed by atoms with Crippen LogP contribution < -0.4 is 25.6 Å². The highest BCUT2D eigenvalue weighted by atomic mass is 28.3. The molecule has 0 radical (unpaired) electrons. The first kappa shape index (κ1) is 42.1. The molecule has 0 atom stereocenters. The Morgan fingerprint density at radius 2 is 0.789 bits per heavy atom. The fourth-order valence-corrected chi connectivity index (χ4v) is 16.0. The van der Waals surface area contributed by atoms with E-state index in [-0.39, 0.29) is 0 Å². The van der Waals surface area contributed by atoms with Crippen LogP contribution in [0.5, 0.6) is 0 Å². The summed E-state index contributed by atoms with van der Waals surface area (Å²) < 4.78 is 2.43. The largest absolute Gasteiger partial charge is 0.310 e. The molecule has 3 heteroatoms. The van der Waals surface area contributed by atoms with Crippen LogP contribution in [0, 0.1) is 0 Å². The molecule has 0 unspecified atom stereocenters. The van der Waals surface area contributed by atoms with Crippen LogP contribution in [0.4, 0.5) is 17.1 Å². The standard InChI is InChI=1S/C68H48N2Si/c1-4-25-58(26-5-1)71(59-27-6-2-7-28-59,60-29-8-3-9-30-60)61-45-43-55(44-46-61)69(54-40-38-51(39-41-54)63-33-17-22-50-20-12-13-31-62(50)63)56-24-16-23-53(48-56)64-34-18-36-67-68(64)65-32-14-15-35-66(65)70(67)57-42-37-49-19-10-11-21-52(49)47-57/h1-48H. The molecule has 0 amide bonds. The lowest BCUT2D eigenvalue weighted by Crippen LogP contribution is -2.74. The summed E-state index contributed by atoms with van der Waals surface area (Å²) in [5, 5.41) is 12.8. The van der Waals surface area contributed by atoms with Crippen LogP contribution in [-0.4, -0.2) is 12.6 Å². The molecule has 2 nitrogen and oxygen atoms in total. The fraction of sp³-hybridized carbons (Fsp3) is 0. The number of nitrogens with zero attached hydrogens (tertiary/aromatic N) is 2. The number of hydrogen-bond acceptors (Lipinski definition) is 1. The lowest BCUT2D eigenvalue weighted by molar-refractivity contribution is 1.19. The van der Waals surface area contributed by atoms with Crippen LogP contribution >= 0.6 is 0 Å². The van der Waals surface area contributed by atoms with Gasteiger partial charge in [-0.3, -0.25) is 0 Å². The maximum absolute atomic E-state index is 2.74. The molecule has 13 aromatic rings. The smallest absolute Gasteiger partial charge is 0.179 e. The van der Waals surface area contributed by atoms with Gasteiger partial charge in [0.05, 0.1) is 11.0 Å². The molecular weight excluding hydrogens is 873 g/mol. The molecule has 0 saturated heterocycles. The van der Waals surface area contributed by atoms with Crippen molar-refractivity contribution in [2.75, 3.05) is 4.90 Å². The molecule has 0 saturated carbocycles. The zero-order valence-corrected chi connectivity index (χ0v) is 40.1. The van der Waals surface area contributed by atoms with E-state index >= 15 is 0 Å². The zero-order valence-electron chi connectivity index (χ0n) is 39.1. The van der Waals surface area contributed by atoms with E-state index in [2.05, 4.69) is 301 Å². The third-order valence-corrected chi connectivity index (χ3v) is 19.3. The maximum Gasteiger partial charge on any atom is 0.179 e. The highest BCUT2D eigenvalue weighted by molar-refractivity contribution is 7.19. The lowest BCUT2D eigenvalue weighted by atomic mass is 9.97. The summed E-state index contributed by atoms with van der Waals surface area (Å²) in [6.07, 6.45) is 0. The van der Waals surface area contributed by atoms with Gasteiger partial charge in [0.2, 0.25) is 0 Å². The molecule has 0 aliphatic rings. The van der Waals surface area contributed by atoms with Crippen molar-refractivity contribution in [3.63, 3.8) is 0 Å². The van der Waals surface area contributed by atoms with Crippen LogP contribution in [0.2, 0.25) is 0 Å². The Balaban J connectivity index is 0.982. The van der Waals surface area contributed by atoms with Crippen molar-refractivity contribution in [2.45, 2.75) is 0 Å². The van der Waals surface area contributed by atoms with Gasteiger partial charge in [-0.1, -0.05) is 231 Å². The van der Waals surface area contributed by atoms with Crippen molar-refractivity contribution in [1.29, 1.82) is 0 Å². The molecular formula is C68H48N2Si. The molecule has 1 aromatic heterocycles. The van der Waals surface area contributed by atoms with E-state index in [4.69, 9.17) is 0 Å². The summed E-state index contributed by atoms with van der Waals surface area (Å²) in [5.74, 6) is 0. The molecule has 13 rings (SSSR count). The summed E-state index contributed by atoms with van der Waals surface area (Å²) in [4.78, 5) is 2.43. The van der Waals surface area contributed by atoms with Crippen LogP contribution in [-0.2, 0) is 0 Å². The number of anilines is 3. The predicted molar refractivity (Wildman–Crippen MR) is 305 cm³/mol. The van der Waals surface area contributed by atoms with Crippen LogP contribution in [0.1, 0.15) is 0 Å². The molecule has 71 heavy (non-hydrogen) atoms. The van der Waals surface area contributed by atoms with Crippen molar-refractivity contribution in [2.24, 2.45) is 0 Å². The van der Waals surface area contributed by atoms with E-state index in [0.717, 1.165) is 28.3 Å². The van der Waals surface area contributed by atoms with Gasteiger partial charge in [-0.15, -0.1) is 0 Å². The summed E-state index contributed by atoms with van der Waals surface area (Å²) in [7, 11) is -2.74. The van der Waals surface area contributed by atoms with Gasteiger partial charge in [0, 0.05) is 33.5 Å². The van der Waals surface area contributed by atoms with Gasteiger partial charge in [-0.25, -0.2) is 0 Å². The number of aromatic nitrogens is 1. The normalized spacial score (nSPS) is 11.7. The molecule has 0 aliphatic carbocycles. The Morgan fingerprint density at radius 1 is 0.282 bits per heavy atom. The van der Waals surface area contributed by atoms with E-state index in [0.29, 0.717) is 0 Å². The van der Waals surface area contributed by atoms with E-state index in [1.54, 1.807) is 0 Å². The number of para-hydroxylation sites is 1. The van der Waals surface area contributed by atoms with Gasteiger partial charge in [-0.05, 0) is 125 Å². The number of rotatable bonds is 10. The average molecular weight is 921 g/mol. The monoisotopic (exact) mass is 920 g/mol. The van der Waals surface area contributed by atoms with Crippen molar-refractivity contribution >= 4 is 89.2 Å². The van der Waals surface area contributed by atoms with Gasteiger partial charge in [0.25, 0.3) is 0 Å². The molecule has 0 aliphatic heterocycles. The average Bonchev–Trinajstić information content (AvgIpc) is 3.79. The Bertz CT molecular complexity index is 3930. The Hall–Kier alpha value is -9.02. The summed E-state index contributed by atoms with van der Waals surface area (Å²) in [6.45, 7) is 0. The molecule has 12 aromatic carbocycles. The maximum atomic E-state index is 2.43. The summed E-state index contributed by atoms with van der Waals surface area (Å²) in [6, 6.07) is 108. The van der Waals surface area contributed by atoms with E-state index in [1.807, 2.05) is 0 Å². The van der Waals surface area contributed by atoms with Gasteiger partial charge < -0.3 is 9.47 Å². The molecule has 334 valence electrons. The Labute approximate surface area is 415 Å². The minimum atomic E-state index is -2.74. The summed E-state index contributed by atoms with van der Waals surface area (Å²) in [5.41, 5.74) is 11.6. The van der Waals surface area contributed by atoms with Crippen molar-refractivity contribution in [3.8, 4) is 27.9 Å². The molecule has 0 N–H and O–H groups in total. The fourth-order valence-electron chi connectivity index (χ4n) is 11.3. The highest BCUT2D eigenvalue weighted by Crippen LogP contribution is 2.42. The van der Waals surface area contributed by atoms with Gasteiger partial charge in [0.15, 0.2) is 8.07 Å². The Morgan fingerprint density at radius 3 is 1.48 bits per heavy atom. The third kappa shape index (κ3) is 7.26. The van der Waals surface area contributed by atoms with E-state index in [9.17, 15) is 0 Å². The second kappa shape index (κ2) is 17.8. The van der Waals surface area contributed by atoms with Gasteiger partial charge in [-0.2, -0.15) is 0 Å². The van der Waals surface area contributed by atoms with Gasteiger partial charge in [0.1, 0.15) is 0 Å². The van der Waals surface area contributed by atoms with Crippen LogP contribution in [0.25, 0.3) is 71.3 Å². The first-order valence-corrected chi connectivity index (χ1v) is 26.5. The number of benzene rings is 12. The first-order valence-electron chi connectivity index (χ1n) is 24.5. The third-order valence-electron chi connectivity index (χ3n) is 14.5. The molecule has 1 heterocycles. The van der Waals surface area contributed by atoms with Crippen molar-refractivity contribution in [3.05, 3.63) is 291 Å². The summed E-state index contributed by atoms with van der Waals surface area (Å²) >= 11 is 0. The van der Waals surface area contributed by atoms with E-state index < -0.39 is 8.07 Å². The predicted octanol–water partition coefficient (Wildman–Crippen LogP) is 15.3. The van der Waals surface area contributed by atoms with Crippen molar-refractivity contribution < 1.29 is 0 Å². The SMILES string of the molecule is c1ccc([Si](c2ccccc2)(c2ccccc2)c2ccc(N(c3ccc(-c4cccc5ccccc45)cc3)c3cccc(-c4cccc5c4c4ccccc4n5-c4ccc5ccccc5c4)c3)cc2)cc1. The van der Waals surface area contributed by atoms with Crippen molar-refractivity contribution in [1.82, 2.24) is 4.57 Å². The zero-order chi connectivity index (χ0) is 47.1. The van der Waals surface area contributed by atoms with E-state index in [1.165, 1.54) is 80.8 Å². The van der Waals surface area contributed by atoms with Crippen LogP contribution in [0.3, 0.4) is 0 Å². The quantitative estimate of drug-likeness (QED) is 0.0980. The highest BCUT2D eigenvalue weighted by Gasteiger charge is 2.41. The second-order valence-electron chi connectivity index (χ2n) is 18.4. The molecule has 0 fully saturated rings.